The molecule has 82 valence electrons. The molecule has 1 atom stereocenters. The lowest BCUT2D eigenvalue weighted by Crippen LogP contribution is -2.09. The van der Waals surface area contributed by atoms with E-state index in [1.165, 1.54) is 6.92 Å². The molecule has 1 unspecified atom stereocenters. The van der Waals surface area contributed by atoms with E-state index in [0.29, 0.717) is 0 Å². The topological polar surface area (TPSA) is 72.8 Å². The highest BCUT2D eigenvalue weighted by molar-refractivity contribution is 7.32. The number of carbonyl (C=O) groups is 1. The maximum absolute atomic E-state index is 10.7. The van der Waals surface area contributed by atoms with Gasteiger partial charge in [-0.05, 0) is 6.92 Å². The molecule has 0 heterocycles. The van der Waals surface area contributed by atoms with Crippen molar-refractivity contribution in [3.05, 3.63) is 25.3 Å². The van der Waals surface area contributed by atoms with Gasteiger partial charge in [0.1, 0.15) is 6.61 Å². The molecule has 6 heteroatoms. The number of hydrogen-bond acceptors (Lipinski definition) is 4. The van der Waals surface area contributed by atoms with E-state index < -0.39 is 14.2 Å². The number of carbonyl (C=O) groups excluding carboxylic acids is 1. The molecule has 0 aromatic heterocycles. The fourth-order valence-electron chi connectivity index (χ4n) is 0.387. The van der Waals surface area contributed by atoms with Crippen LogP contribution in [0.3, 0.4) is 0 Å². The van der Waals surface area contributed by atoms with Crippen molar-refractivity contribution in [2.75, 3.05) is 13.2 Å². The molecular weight excluding hydrogens is 207 g/mol. The van der Waals surface area contributed by atoms with E-state index >= 15 is 0 Å². The molecule has 14 heavy (non-hydrogen) atoms. The molecule has 0 saturated carbocycles. The summed E-state index contributed by atoms with van der Waals surface area (Å²) >= 11 is 0. The second-order valence-corrected chi connectivity index (χ2v) is 2.85. The lowest BCUT2D eigenvalue weighted by molar-refractivity contribution is -0.139. The fourth-order valence-corrected chi connectivity index (χ4v) is 0.644. The Morgan fingerprint density at radius 2 is 1.93 bits per heavy atom. The Kier molecular flexibility index (Phi) is 11.3. The molecular formula is C8H15O5P. The highest BCUT2D eigenvalue weighted by atomic mass is 31.1. The molecule has 0 aromatic carbocycles. The number of ether oxygens (including phenoxy) is 1. The van der Waals surface area contributed by atoms with Gasteiger partial charge in [-0.3, -0.25) is 4.57 Å². The Balaban J connectivity index is 0. The first-order valence-electron chi connectivity index (χ1n) is 3.72. The van der Waals surface area contributed by atoms with Gasteiger partial charge >= 0.3 is 14.2 Å². The molecule has 0 aliphatic heterocycles. The standard InChI is InChI=1S/C6H11O5P.C2H4/c1-5(2)6(7)10-3-4-11-12(8)9;1-2/h12H,1,3-4H2,2H3,(H,8,9);1-2H2. The Bertz CT molecular complexity index is 214. The number of rotatable bonds is 5. The summed E-state index contributed by atoms with van der Waals surface area (Å²) in [4.78, 5) is 18.9. The second kappa shape index (κ2) is 10.2. The van der Waals surface area contributed by atoms with Crippen LogP contribution < -0.4 is 0 Å². The molecule has 5 nitrogen and oxygen atoms in total. The van der Waals surface area contributed by atoms with Crippen LogP contribution in [-0.2, 0) is 18.6 Å². The van der Waals surface area contributed by atoms with Crippen molar-refractivity contribution in [1.29, 1.82) is 0 Å². The molecule has 0 amide bonds. The molecule has 0 spiro atoms. The Morgan fingerprint density at radius 1 is 1.43 bits per heavy atom. The van der Waals surface area contributed by atoms with E-state index in [4.69, 9.17) is 4.89 Å². The monoisotopic (exact) mass is 222 g/mol. The zero-order chi connectivity index (χ0) is 11.6. The normalized spacial score (nSPS) is 10.7. The van der Waals surface area contributed by atoms with Crippen molar-refractivity contribution < 1.29 is 23.5 Å². The van der Waals surface area contributed by atoms with Crippen LogP contribution in [0.25, 0.3) is 0 Å². The maximum Gasteiger partial charge on any atom is 0.333 e. The van der Waals surface area contributed by atoms with Gasteiger partial charge in [0.15, 0.2) is 0 Å². The summed E-state index contributed by atoms with van der Waals surface area (Å²) in [5, 5.41) is 0. The highest BCUT2D eigenvalue weighted by Gasteiger charge is 2.02. The van der Waals surface area contributed by atoms with Crippen molar-refractivity contribution in [2.45, 2.75) is 6.92 Å². The van der Waals surface area contributed by atoms with Crippen LogP contribution in [-0.4, -0.2) is 24.1 Å². The van der Waals surface area contributed by atoms with Crippen LogP contribution in [0.1, 0.15) is 6.92 Å². The third-order valence-corrected chi connectivity index (χ3v) is 1.34. The van der Waals surface area contributed by atoms with E-state index in [2.05, 4.69) is 29.0 Å². The van der Waals surface area contributed by atoms with E-state index in [1.54, 1.807) is 0 Å². The van der Waals surface area contributed by atoms with Crippen LogP contribution in [0.5, 0.6) is 0 Å². The smallest absolute Gasteiger partial charge is 0.333 e. The summed E-state index contributed by atoms with van der Waals surface area (Å²) in [6, 6.07) is 0. The van der Waals surface area contributed by atoms with Crippen LogP contribution in [0.4, 0.5) is 0 Å². The predicted octanol–water partition coefficient (Wildman–Crippen LogP) is 1.31. The number of hydrogen-bond donors (Lipinski definition) is 1. The summed E-state index contributed by atoms with van der Waals surface area (Å²) in [6.45, 7) is 10.7. The van der Waals surface area contributed by atoms with Gasteiger partial charge in [0.25, 0.3) is 0 Å². The van der Waals surface area contributed by atoms with E-state index in [1.807, 2.05) is 0 Å². The van der Waals surface area contributed by atoms with Crippen LogP contribution >= 0.6 is 8.25 Å². The van der Waals surface area contributed by atoms with E-state index in [0.717, 1.165) is 0 Å². The Morgan fingerprint density at radius 3 is 2.29 bits per heavy atom. The van der Waals surface area contributed by atoms with Gasteiger partial charge in [-0.2, -0.15) is 0 Å². The van der Waals surface area contributed by atoms with Crippen LogP contribution in [0, 0.1) is 0 Å². The van der Waals surface area contributed by atoms with Gasteiger partial charge in [0, 0.05) is 5.57 Å². The summed E-state index contributed by atoms with van der Waals surface area (Å²) < 4.78 is 18.8. The van der Waals surface area contributed by atoms with Crippen LogP contribution in [0.2, 0.25) is 0 Å². The average molecular weight is 222 g/mol. The first kappa shape index (κ1) is 15.6. The summed E-state index contributed by atoms with van der Waals surface area (Å²) in [5.41, 5.74) is 0.284. The molecule has 0 aliphatic carbocycles. The second-order valence-electron chi connectivity index (χ2n) is 2.03. The van der Waals surface area contributed by atoms with Gasteiger partial charge in [0.2, 0.25) is 0 Å². The van der Waals surface area contributed by atoms with Crippen molar-refractivity contribution in [3.63, 3.8) is 0 Å². The zero-order valence-electron chi connectivity index (χ0n) is 8.12. The third-order valence-electron chi connectivity index (χ3n) is 0.890. The lowest BCUT2D eigenvalue weighted by Gasteiger charge is -2.02. The molecule has 0 fully saturated rings. The summed E-state index contributed by atoms with van der Waals surface area (Å²) in [6.07, 6.45) is 0. The van der Waals surface area contributed by atoms with Gasteiger partial charge in [-0.25, -0.2) is 4.79 Å². The minimum absolute atomic E-state index is 0.0390. The summed E-state index contributed by atoms with van der Waals surface area (Å²) in [7, 11) is -2.92. The van der Waals surface area contributed by atoms with Gasteiger partial charge in [-0.15, -0.1) is 13.2 Å². The third kappa shape index (κ3) is 11.1. The molecule has 0 bridgehead atoms. The minimum Gasteiger partial charge on any atom is -0.460 e. The molecule has 0 aromatic rings. The van der Waals surface area contributed by atoms with Gasteiger partial charge < -0.3 is 14.2 Å². The van der Waals surface area contributed by atoms with Crippen LogP contribution in [0.15, 0.2) is 25.3 Å². The Hall–Kier alpha value is -0.900. The fraction of sp³-hybridized carbons (Fsp3) is 0.375. The Labute approximate surface area is 84.0 Å². The van der Waals surface area contributed by atoms with Crippen molar-refractivity contribution in [1.82, 2.24) is 0 Å². The zero-order valence-corrected chi connectivity index (χ0v) is 9.12. The van der Waals surface area contributed by atoms with Crippen molar-refractivity contribution in [3.8, 4) is 0 Å². The summed E-state index contributed by atoms with van der Waals surface area (Å²) in [5.74, 6) is -0.531. The quantitative estimate of drug-likeness (QED) is 0.249. The van der Waals surface area contributed by atoms with E-state index in [-0.39, 0.29) is 18.8 Å². The largest absolute Gasteiger partial charge is 0.460 e. The predicted molar refractivity (Wildman–Crippen MR) is 54.2 cm³/mol. The molecule has 0 saturated heterocycles. The molecule has 0 radical (unpaired) electrons. The van der Waals surface area contributed by atoms with Gasteiger partial charge in [0.05, 0.1) is 6.61 Å². The SMILES string of the molecule is C=C.C=C(C)C(=O)OCCO[PH](=O)O. The highest BCUT2D eigenvalue weighted by Crippen LogP contribution is 2.13. The first-order chi connectivity index (χ1) is 6.54. The van der Waals surface area contributed by atoms with E-state index in [9.17, 15) is 9.36 Å². The average Bonchev–Trinajstić information content (AvgIpc) is 2.15. The molecule has 0 rings (SSSR count). The maximum atomic E-state index is 10.7. The van der Waals surface area contributed by atoms with Crippen molar-refractivity contribution in [2.24, 2.45) is 0 Å². The molecule has 1 N–H and O–H groups in total. The van der Waals surface area contributed by atoms with Gasteiger partial charge in [-0.1, -0.05) is 6.58 Å². The van der Waals surface area contributed by atoms with Crippen molar-refractivity contribution >= 4 is 14.2 Å². The number of esters is 1. The minimum atomic E-state index is -2.92. The molecule has 0 aliphatic rings. The first-order valence-corrected chi connectivity index (χ1v) is 4.98. The lowest BCUT2D eigenvalue weighted by atomic mass is 10.4.